The average molecular weight is 431 g/mol. The summed E-state index contributed by atoms with van der Waals surface area (Å²) in [6, 6.07) is 5.52. The third-order valence-electron chi connectivity index (χ3n) is 6.22. The highest BCUT2D eigenvalue weighted by Crippen LogP contribution is 2.45. The van der Waals surface area contributed by atoms with E-state index in [2.05, 4.69) is 26.1 Å². The van der Waals surface area contributed by atoms with Gasteiger partial charge in [-0.25, -0.2) is 4.79 Å². The van der Waals surface area contributed by atoms with Gasteiger partial charge in [0.15, 0.2) is 0 Å². The smallest absolute Gasteiger partial charge is 0.341 e. The van der Waals surface area contributed by atoms with Gasteiger partial charge < -0.3 is 10.1 Å². The van der Waals surface area contributed by atoms with Gasteiger partial charge in [-0.2, -0.15) is 0 Å². The van der Waals surface area contributed by atoms with E-state index in [1.54, 1.807) is 0 Å². The molecule has 8 heteroatoms. The van der Waals surface area contributed by atoms with Crippen LogP contribution in [0.5, 0.6) is 0 Å². The third kappa shape index (κ3) is 4.23. The quantitative estimate of drug-likeness (QED) is 0.384. The van der Waals surface area contributed by atoms with E-state index in [0.717, 1.165) is 36.1 Å². The number of esters is 1. The van der Waals surface area contributed by atoms with Gasteiger partial charge in [-0.05, 0) is 42.2 Å². The number of carbonyl (C=O) groups is 2. The molecule has 0 radical (unpaired) electrons. The fourth-order valence-electron chi connectivity index (χ4n) is 3.88. The number of nitro benzene ring substituents is 1. The Bertz CT molecular complexity index is 995. The first-order valence-corrected chi connectivity index (χ1v) is 10.8. The minimum Gasteiger partial charge on any atom is -0.465 e. The SMILES string of the molecule is CCC(C)(C)C1CCc2c(sc(NC(=O)c3cccc([N+](=O)[O-])c3)c2C(=O)OC)C1. The molecule has 2 aromatic rings. The minimum atomic E-state index is -0.546. The standard InChI is InChI=1S/C22H26N2O5S/c1-5-22(2,3)14-9-10-16-17(12-14)30-20(18(16)21(26)29-4)23-19(25)13-7-6-8-15(11-13)24(27)28/h6-8,11,14H,5,9-10,12H2,1-4H3,(H,23,25). The van der Waals surface area contributed by atoms with Gasteiger partial charge in [0, 0.05) is 22.6 Å². The van der Waals surface area contributed by atoms with E-state index in [-0.39, 0.29) is 16.7 Å². The highest BCUT2D eigenvalue weighted by atomic mass is 32.1. The second kappa shape index (κ2) is 8.55. The van der Waals surface area contributed by atoms with Crippen molar-refractivity contribution in [2.24, 2.45) is 11.3 Å². The van der Waals surface area contributed by atoms with Gasteiger partial charge in [-0.3, -0.25) is 14.9 Å². The van der Waals surface area contributed by atoms with Crippen molar-refractivity contribution in [2.45, 2.75) is 46.5 Å². The van der Waals surface area contributed by atoms with Crippen LogP contribution in [-0.4, -0.2) is 23.9 Å². The highest BCUT2D eigenvalue weighted by molar-refractivity contribution is 7.17. The van der Waals surface area contributed by atoms with Gasteiger partial charge in [0.25, 0.3) is 11.6 Å². The lowest BCUT2D eigenvalue weighted by Crippen LogP contribution is -2.28. The number of hydrogen-bond donors (Lipinski definition) is 1. The first-order valence-electron chi connectivity index (χ1n) is 9.96. The fraction of sp³-hybridized carbons (Fsp3) is 0.455. The summed E-state index contributed by atoms with van der Waals surface area (Å²) in [6.45, 7) is 6.72. The maximum atomic E-state index is 12.8. The number of non-ortho nitro benzene ring substituents is 1. The van der Waals surface area contributed by atoms with E-state index < -0.39 is 16.8 Å². The van der Waals surface area contributed by atoms with Crippen LogP contribution in [0.2, 0.25) is 0 Å². The molecule has 1 aromatic heterocycles. The van der Waals surface area contributed by atoms with Crippen LogP contribution in [0, 0.1) is 21.4 Å². The van der Waals surface area contributed by atoms with Crippen molar-refractivity contribution in [3.63, 3.8) is 0 Å². The third-order valence-corrected chi connectivity index (χ3v) is 7.39. The number of thiophene rings is 1. The summed E-state index contributed by atoms with van der Waals surface area (Å²) in [5.74, 6) is -0.470. The lowest BCUT2D eigenvalue weighted by Gasteiger charge is -2.36. The van der Waals surface area contributed by atoms with Gasteiger partial charge in [0.1, 0.15) is 5.00 Å². The molecule has 0 saturated carbocycles. The molecule has 1 heterocycles. The summed E-state index contributed by atoms with van der Waals surface area (Å²) < 4.78 is 4.98. The first kappa shape index (κ1) is 22.0. The molecule has 3 rings (SSSR count). The van der Waals surface area contributed by atoms with Gasteiger partial charge >= 0.3 is 5.97 Å². The number of hydrogen-bond acceptors (Lipinski definition) is 6. The zero-order valence-corrected chi connectivity index (χ0v) is 18.4. The number of ether oxygens (including phenoxy) is 1. The van der Waals surface area contributed by atoms with Crippen LogP contribution in [0.4, 0.5) is 10.7 Å². The van der Waals surface area contributed by atoms with Gasteiger partial charge in [-0.1, -0.05) is 33.3 Å². The zero-order valence-electron chi connectivity index (χ0n) is 17.6. The number of carbonyl (C=O) groups excluding carboxylic acids is 2. The van der Waals surface area contributed by atoms with Crippen molar-refractivity contribution in [3.8, 4) is 0 Å². The second-order valence-electron chi connectivity index (χ2n) is 8.24. The molecule has 1 unspecified atom stereocenters. The molecule has 7 nitrogen and oxygen atoms in total. The number of nitrogens with zero attached hydrogens (tertiary/aromatic N) is 1. The minimum absolute atomic E-state index is 0.161. The predicted octanol–water partition coefficient (Wildman–Crippen LogP) is 5.24. The monoisotopic (exact) mass is 430 g/mol. The molecule has 1 N–H and O–H groups in total. The molecule has 1 aliphatic carbocycles. The lowest BCUT2D eigenvalue weighted by molar-refractivity contribution is -0.384. The maximum Gasteiger partial charge on any atom is 0.341 e. The molecule has 30 heavy (non-hydrogen) atoms. The number of nitrogens with one attached hydrogen (secondary N) is 1. The summed E-state index contributed by atoms with van der Waals surface area (Å²) in [7, 11) is 1.32. The molecule has 1 aromatic carbocycles. The number of benzene rings is 1. The first-order chi connectivity index (χ1) is 14.2. The fourth-order valence-corrected chi connectivity index (χ4v) is 5.19. The number of methoxy groups -OCH3 is 1. The maximum absolute atomic E-state index is 12.8. The largest absolute Gasteiger partial charge is 0.465 e. The van der Waals surface area contributed by atoms with E-state index in [9.17, 15) is 19.7 Å². The van der Waals surface area contributed by atoms with Crippen LogP contribution in [0.3, 0.4) is 0 Å². The zero-order chi connectivity index (χ0) is 22.1. The van der Waals surface area contributed by atoms with E-state index in [0.29, 0.717) is 16.5 Å². The summed E-state index contributed by atoms with van der Waals surface area (Å²) in [4.78, 5) is 36.8. The Morgan fingerprint density at radius 2 is 2.10 bits per heavy atom. The van der Waals surface area contributed by atoms with Crippen molar-refractivity contribution >= 4 is 33.9 Å². The highest BCUT2D eigenvalue weighted by Gasteiger charge is 2.35. The van der Waals surface area contributed by atoms with E-state index in [4.69, 9.17) is 4.74 Å². The number of rotatable bonds is 6. The number of fused-ring (bicyclic) bond motifs is 1. The number of anilines is 1. The van der Waals surface area contributed by atoms with E-state index in [1.165, 1.54) is 42.7 Å². The molecule has 0 fully saturated rings. The van der Waals surface area contributed by atoms with Gasteiger partial charge in [0.05, 0.1) is 17.6 Å². The van der Waals surface area contributed by atoms with Crippen LogP contribution < -0.4 is 5.32 Å². The van der Waals surface area contributed by atoms with E-state index in [1.807, 2.05) is 0 Å². The Morgan fingerprint density at radius 1 is 1.37 bits per heavy atom. The Labute approximate surface area is 179 Å². The molecular weight excluding hydrogens is 404 g/mol. The molecule has 1 aliphatic rings. The molecule has 0 aliphatic heterocycles. The Morgan fingerprint density at radius 3 is 2.73 bits per heavy atom. The summed E-state index contributed by atoms with van der Waals surface area (Å²) in [5, 5.41) is 14.2. The lowest BCUT2D eigenvalue weighted by atomic mass is 9.69. The van der Waals surface area contributed by atoms with Crippen molar-refractivity contribution in [3.05, 3.63) is 55.9 Å². The molecular formula is C22H26N2O5S. The second-order valence-corrected chi connectivity index (χ2v) is 9.35. The van der Waals surface area contributed by atoms with Crippen LogP contribution in [0.1, 0.15) is 64.8 Å². The topological polar surface area (TPSA) is 98.5 Å². The Hall–Kier alpha value is -2.74. The van der Waals surface area contributed by atoms with Crippen LogP contribution in [0.25, 0.3) is 0 Å². The molecule has 0 saturated heterocycles. The van der Waals surface area contributed by atoms with Crippen molar-refractivity contribution < 1.29 is 19.2 Å². The van der Waals surface area contributed by atoms with Crippen LogP contribution >= 0.6 is 11.3 Å². The van der Waals surface area contributed by atoms with Crippen molar-refractivity contribution in [2.75, 3.05) is 12.4 Å². The predicted molar refractivity (Wildman–Crippen MR) is 116 cm³/mol. The van der Waals surface area contributed by atoms with Crippen molar-refractivity contribution in [1.82, 2.24) is 0 Å². The summed E-state index contributed by atoms with van der Waals surface area (Å²) in [5.41, 5.74) is 1.55. The summed E-state index contributed by atoms with van der Waals surface area (Å²) >= 11 is 1.40. The number of amides is 1. The molecule has 160 valence electrons. The average Bonchev–Trinajstić information content (AvgIpc) is 3.10. The number of nitro groups is 1. The Kier molecular flexibility index (Phi) is 6.26. The normalized spacial score (nSPS) is 15.9. The molecule has 0 spiro atoms. The Balaban J connectivity index is 1.94. The van der Waals surface area contributed by atoms with Crippen LogP contribution in [-0.2, 0) is 17.6 Å². The van der Waals surface area contributed by atoms with Gasteiger partial charge in [0.2, 0.25) is 0 Å². The van der Waals surface area contributed by atoms with Crippen molar-refractivity contribution in [1.29, 1.82) is 0 Å². The molecule has 1 amide bonds. The molecule has 1 atom stereocenters. The van der Waals surface area contributed by atoms with Gasteiger partial charge in [-0.15, -0.1) is 11.3 Å². The van der Waals surface area contributed by atoms with Crippen LogP contribution in [0.15, 0.2) is 24.3 Å². The van der Waals surface area contributed by atoms with E-state index >= 15 is 0 Å². The summed E-state index contributed by atoms with van der Waals surface area (Å²) in [6.07, 6.45) is 3.67. The molecule has 0 bridgehead atoms.